The van der Waals surface area contributed by atoms with Crippen LogP contribution in [0.3, 0.4) is 0 Å². The average molecular weight is 164 g/mol. The third-order valence-corrected chi connectivity index (χ3v) is 3.57. The van der Waals surface area contributed by atoms with Gasteiger partial charge in [-0.05, 0) is 24.5 Å². The highest BCUT2D eigenvalue weighted by Gasteiger charge is 2.33. The van der Waals surface area contributed by atoms with Gasteiger partial charge in [0.05, 0.1) is 0 Å². The van der Waals surface area contributed by atoms with Crippen molar-refractivity contribution in [1.29, 1.82) is 0 Å². The van der Waals surface area contributed by atoms with Crippen LogP contribution in [0.1, 0.15) is 13.3 Å². The molecule has 0 bridgehead atoms. The maximum Gasteiger partial charge on any atom is 0.0123 e. The highest BCUT2D eigenvalue weighted by molar-refractivity contribution is 8.00. The van der Waals surface area contributed by atoms with Crippen molar-refractivity contribution in [2.75, 3.05) is 0 Å². The molecule has 0 saturated heterocycles. The van der Waals surface area contributed by atoms with Gasteiger partial charge in [-0.15, -0.1) is 11.8 Å². The van der Waals surface area contributed by atoms with Gasteiger partial charge in [-0.2, -0.15) is 0 Å². The Labute approximate surface area is 72.0 Å². The molecule has 0 N–H and O–H groups in total. The Balaban J connectivity index is 1.97. The normalized spacial score (nSPS) is 28.5. The molecule has 58 valence electrons. The van der Waals surface area contributed by atoms with Crippen LogP contribution in [0.15, 0.2) is 35.2 Å². The van der Waals surface area contributed by atoms with Gasteiger partial charge in [-0.1, -0.05) is 25.1 Å². The molecule has 0 radical (unpaired) electrons. The first-order valence-electron chi connectivity index (χ1n) is 4.08. The molecule has 11 heavy (non-hydrogen) atoms. The molecule has 0 nitrogen and oxygen atoms in total. The maximum atomic E-state index is 2.32. The van der Waals surface area contributed by atoms with Gasteiger partial charge in [0.2, 0.25) is 0 Å². The van der Waals surface area contributed by atoms with Crippen LogP contribution in [0, 0.1) is 5.92 Å². The summed E-state index contributed by atoms with van der Waals surface area (Å²) in [5.74, 6) is 0.945. The highest BCUT2D eigenvalue weighted by Crippen LogP contribution is 2.44. The lowest BCUT2D eigenvalue weighted by Gasteiger charge is -1.96. The third kappa shape index (κ3) is 1.78. The second-order valence-electron chi connectivity index (χ2n) is 3.18. The summed E-state index contributed by atoms with van der Waals surface area (Å²) in [6.07, 6.45) is 1.40. The molecule has 0 aromatic heterocycles. The molecule has 0 unspecified atom stereocenters. The Morgan fingerprint density at radius 2 is 1.91 bits per heavy atom. The van der Waals surface area contributed by atoms with E-state index in [2.05, 4.69) is 37.3 Å². The van der Waals surface area contributed by atoms with Crippen LogP contribution in [-0.2, 0) is 0 Å². The molecular formula is C10H12S. The molecule has 0 amide bonds. The van der Waals surface area contributed by atoms with Gasteiger partial charge >= 0.3 is 0 Å². The SMILES string of the molecule is C[C@@H]1C[C@@H]1Sc1ccccc1. The van der Waals surface area contributed by atoms with E-state index < -0.39 is 0 Å². The summed E-state index contributed by atoms with van der Waals surface area (Å²) in [4.78, 5) is 1.42. The minimum absolute atomic E-state index is 0.900. The van der Waals surface area contributed by atoms with E-state index >= 15 is 0 Å². The predicted octanol–water partition coefficient (Wildman–Crippen LogP) is 3.19. The van der Waals surface area contributed by atoms with Gasteiger partial charge in [0.15, 0.2) is 0 Å². The van der Waals surface area contributed by atoms with Crippen molar-refractivity contribution in [1.82, 2.24) is 0 Å². The summed E-state index contributed by atoms with van der Waals surface area (Å²) < 4.78 is 0. The number of rotatable bonds is 2. The van der Waals surface area contributed by atoms with Crippen LogP contribution in [0.4, 0.5) is 0 Å². The van der Waals surface area contributed by atoms with Gasteiger partial charge in [-0.25, -0.2) is 0 Å². The van der Waals surface area contributed by atoms with E-state index in [0.29, 0.717) is 0 Å². The highest BCUT2D eigenvalue weighted by atomic mass is 32.2. The summed E-state index contributed by atoms with van der Waals surface area (Å²) in [6.45, 7) is 2.32. The molecule has 1 aromatic carbocycles. The molecule has 0 aliphatic heterocycles. The minimum Gasteiger partial charge on any atom is -0.122 e. The fourth-order valence-corrected chi connectivity index (χ4v) is 2.42. The zero-order valence-electron chi connectivity index (χ0n) is 6.66. The molecular weight excluding hydrogens is 152 g/mol. The van der Waals surface area contributed by atoms with Crippen LogP contribution in [-0.4, -0.2) is 5.25 Å². The average Bonchev–Trinajstić information content (AvgIpc) is 2.69. The zero-order chi connectivity index (χ0) is 7.68. The first-order valence-corrected chi connectivity index (χ1v) is 4.96. The third-order valence-electron chi connectivity index (χ3n) is 2.07. The van der Waals surface area contributed by atoms with Crippen molar-refractivity contribution in [3.8, 4) is 0 Å². The van der Waals surface area contributed by atoms with Crippen LogP contribution in [0.25, 0.3) is 0 Å². The van der Waals surface area contributed by atoms with Crippen molar-refractivity contribution in [2.24, 2.45) is 5.92 Å². The second kappa shape index (κ2) is 2.90. The summed E-state index contributed by atoms with van der Waals surface area (Å²) in [5, 5.41) is 0.900. The Morgan fingerprint density at radius 1 is 1.27 bits per heavy atom. The number of hydrogen-bond donors (Lipinski definition) is 0. The molecule has 2 rings (SSSR count). The van der Waals surface area contributed by atoms with Crippen LogP contribution >= 0.6 is 11.8 Å². The van der Waals surface area contributed by atoms with E-state index in [1.54, 1.807) is 0 Å². The lowest BCUT2D eigenvalue weighted by Crippen LogP contribution is -1.76. The smallest absolute Gasteiger partial charge is 0.0123 e. The van der Waals surface area contributed by atoms with E-state index in [1.165, 1.54) is 11.3 Å². The van der Waals surface area contributed by atoms with Gasteiger partial charge < -0.3 is 0 Å². The van der Waals surface area contributed by atoms with E-state index in [-0.39, 0.29) is 0 Å². The number of thioether (sulfide) groups is 1. The molecule has 1 aliphatic carbocycles. The molecule has 1 aliphatic rings. The van der Waals surface area contributed by atoms with Crippen molar-refractivity contribution >= 4 is 11.8 Å². The first kappa shape index (κ1) is 7.23. The zero-order valence-corrected chi connectivity index (χ0v) is 7.47. The van der Waals surface area contributed by atoms with E-state index in [9.17, 15) is 0 Å². The Kier molecular flexibility index (Phi) is 1.91. The van der Waals surface area contributed by atoms with Crippen molar-refractivity contribution in [2.45, 2.75) is 23.5 Å². The minimum atomic E-state index is 0.900. The van der Waals surface area contributed by atoms with E-state index in [4.69, 9.17) is 0 Å². The van der Waals surface area contributed by atoms with Crippen molar-refractivity contribution < 1.29 is 0 Å². The van der Waals surface area contributed by atoms with Gasteiger partial charge in [0, 0.05) is 10.1 Å². The topological polar surface area (TPSA) is 0 Å². The molecule has 2 atom stereocenters. The maximum absolute atomic E-state index is 2.32. The van der Waals surface area contributed by atoms with Gasteiger partial charge in [-0.3, -0.25) is 0 Å². The molecule has 0 spiro atoms. The Hall–Kier alpha value is -0.430. The van der Waals surface area contributed by atoms with Crippen LogP contribution < -0.4 is 0 Å². The molecule has 1 saturated carbocycles. The summed E-state index contributed by atoms with van der Waals surface area (Å²) in [5.41, 5.74) is 0. The van der Waals surface area contributed by atoms with Gasteiger partial charge in [0.25, 0.3) is 0 Å². The van der Waals surface area contributed by atoms with Gasteiger partial charge in [0.1, 0.15) is 0 Å². The molecule has 1 aromatic rings. The Bertz CT molecular complexity index is 230. The fourth-order valence-electron chi connectivity index (χ4n) is 1.13. The quantitative estimate of drug-likeness (QED) is 0.647. The fraction of sp³-hybridized carbons (Fsp3) is 0.400. The number of benzene rings is 1. The molecule has 1 heteroatoms. The van der Waals surface area contributed by atoms with Crippen molar-refractivity contribution in [3.05, 3.63) is 30.3 Å². The van der Waals surface area contributed by atoms with E-state index in [0.717, 1.165) is 11.2 Å². The molecule has 1 fully saturated rings. The first-order chi connectivity index (χ1) is 5.36. The second-order valence-corrected chi connectivity index (χ2v) is 4.49. The number of hydrogen-bond acceptors (Lipinski definition) is 1. The standard InChI is InChI=1S/C10H12S/c1-8-7-10(8)11-9-5-3-2-4-6-9/h2-6,8,10H,7H2,1H3/t8-,10+/m1/s1. The lowest BCUT2D eigenvalue weighted by atomic mass is 10.4. The lowest BCUT2D eigenvalue weighted by molar-refractivity contribution is 0.987. The summed E-state index contributed by atoms with van der Waals surface area (Å²) in [7, 11) is 0. The van der Waals surface area contributed by atoms with Crippen LogP contribution in [0.2, 0.25) is 0 Å². The summed E-state index contributed by atoms with van der Waals surface area (Å²) in [6, 6.07) is 10.7. The largest absolute Gasteiger partial charge is 0.122 e. The Morgan fingerprint density at radius 3 is 2.45 bits per heavy atom. The molecule has 0 heterocycles. The predicted molar refractivity (Wildman–Crippen MR) is 49.9 cm³/mol. The summed E-state index contributed by atoms with van der Waals surface area (Å²) >= 11 is 2.02. The monoisotopic (exact) mass is 164 g/mol. The van der Waals surface area contributed by atoms with Crippen LogP contribution in [0.5, 0.6) is 0 Å². The van der Waals surface area contributed by atoms with E-state index in [1.807, 2.05) is 11.8 Å². The van der Waals surface area contributed by atoms with Crippen molar-refractivity contribution in [3.63, 3.8) is 0 Å².